The molecule has 7 nitrogen and oxygen atoms in total. The number of hydrogen-bond acceptors (Lipinski definition) is 5. The van der Waals surface area contributed by atoms with Gasteiger partial charge in [-0.3, -0.25) is 10.1 Å². The summed E-state index contributed by atoms with van der Waals surface area (Å²) in [7, 11) is 0. The number of aromatic nitrogens is 3. The number of nitro benzene ring substituents is 1. The number of aryl methyl sites for hydroxylation is 1. The van der Waals surface area contributed by atoms with E-state index in [-0.39, 0.29) is 5.69 Å². The Labute approximate surface area is 185 Å². The molecule has 0 bridgehead atoms. The van der Waals surface area contributed by atoms with Gasteiger partial charge >= 0.3 is 0 Å². The van der Waals surface area contributed by atoms with E-state index in [1.54, 1.807) is 30.7 Å². The van der Waals surface area contributed by atoms with Gasteiger partial charge in [0.15, 0.2) is 4.80 Å². The number of rotatable bonds is 7. The largest absolute Gasteiger partial charge is 0.337 e. The lowest BCUT2D eigenvalue weighted by Crippen LogP contribution is -2.17. The van der Waals surface area contributed by atoms with Crippen LogP contribution in [0.25, 0.3) is 11.3 Å². The van der Waals surface area contributed by atoms with E-state index >= 15 is 0 Å². The maximum atomic E-state index is 11.4. The molecule has 0 unspecified atom stereocenters. The highest BCUT2D eigenvalue weighted by atomic mass is 79.9. The SMILES string of the molecule is O=[N+]([O-])c1ccccc1N=c1scc(-c2ccc(Br)cc2)n1CCCn1ccnc1. The molecule has 0 saturated heterocycles. The van der Waals surface area contributed by atoms with Crippen molar-refractivity contribution in [1.82, 2.24) is 14.1 Å². The standard InChI is InChI=1S/C21H18BrN5O2S/c22-17-8-6-16(7-9-17)20-14-30-21(24-18-4-1-2-5-19(18)27(28)29)26(20)12-3-11-25-13-10-23-15-25/h1-2,4-10,13-15H,3,11-12H2. The number of nitrogens with zero attached hydrogens (tertiary/aromatic N) is 5. The summed E-state index contributed by atoms with van der Waals surface area (Å²) in [6, 6.07) is 14.7. The summed E-state index contributed by atoms with van der Waals surface area (Å²) in [6.45, 7) is 1.56. The number of benzene rings is 2. The summed E-state index contributed by atoms with van der Waals surface area (Å²) in [6.07, 6.45) is 6.38. The fourth-order valence-corrected chi connectivity index (χ4v) is 4.35. The molecule has 0 fully saturated rings. The predicted octanol–water partition coefficient (Wildman–Crippen LogP) is 5.41. The van der Waals surface area contributed by atoms with Gasteiger partial charge in [-0.2, -0.15) is 0 Å². The molecule has 0 amide bonds. The van der Waals surface area contributed by atoms with E-state index in [9.17, 15) is 10.1 Å². The van der Waals surface area contributed by atoms with Gasteiger partial charge < -0.3 is 9.13 Å². The van der Waals surface area contributed by atoms with Crippen molar-refractivity contribution >= 4 is 38.6 Å². The van der Waals surface area contributed by atoms with Crippen LogP contribution in [0.5, 0.6) is 0 Å². The molecule has 0 aliphatic carbocycles. The van der Waals surface area contributed by atoms with Gasteiger partial charge in [-0.15, -0.1) is 11.3 Å². The second-order valence-electron chi connectivity index (χ2n) is 6.57. The molecule has 2 aromatic heterocycles. The van der Waals surface area contributed by atoms with Crippen LogP contribution in [0, 0.1) is 10.1 Å². The van der Waals surface area contributed by atoms with E-state index < -0.39 is 4.92 Å². The number of imidazole rings is 1. The number of halogens is 1. The zero-order chi connectivity index (χ0) is 20.9. The van der Waals surface area contributed by atoms with Crippen molar-refractivity contribution in [3.8, 4) is 11.3 Å². The molecule has 4 rings (SSSR count). The summed E-state index contributed by atoms with van der Waals surface area (Å²) < 4.78 is 5.17. The second-order valence-corrected chi connectivity index (χ2v) is 8.33. The van der Waals surface area contributed by atoms with Crippen LogP contribution < -0.4 is 4.80 Å². The van der Waals surface area contributed by atoms with Crippen LogP contribution in [0.15, 0.2) is 82.1 Å². The molecule has 0 aliphatic rings. The van der Waals surface area contributed by atoms with Crippen molar-refractivity contribution in [3.63, 3.8) is 0 Å². The molecule has 0 aliphatic heterocycles. The topological polar surface area (TPSA) is 78.2 Å². The first-order valence-electron chi connectivity index (χ1n) is 9.30. The number of hydrogen-bond donors (Lipinski definition) is 0. The summed E-state index contributed by atoms with van der Waals surface area (Å²) >= 11 is 4.96. The minimum atomic E-state index is -0.397. The van der Waals surface area contributed by atoms with Gasteiger partial charge in [0.1, 0.15) is 5.69 Å². The Morgan fingerprint density at radius 3 is 2.67 bits per heavy atom. The van der Waals surface area contributed by atoms with Gasteiger partial charge in [-0.05, 0) is 30.2 Å². The van der Waals surface area contributed by atoms with Gasteiger partial charge in [0.05, 0.1) is 16.9 Å². The Kier molecular flexibility index (Phi) is 6.20. The minimum Gasteiger partial charge on any atom is -0.337 e. The Morgan fingerprint density at radius 2 is 1.93 bits per heavy atom. The number of nitro groups is 1. The van der Waals surface area contributed by atoms with E-state index in [1.165, 1.54) is 17.4 Å². The summed E-state index contributed by atoms with van der Waals surface area (Å²) in [4.78, 5) is 20.5. The zero-order valence-corrected chi connectivity index (χ0v) is 18.3. The van der Waals surface area contributed by atoms with Crippen LogP contribution in [0.1, 0.15) is 6.42 Å². The Hall–Kier alpha value is -3.04. The Bertz CT molecular complexity index is 1210. The third-order valence-corrected chi connectivity index (χ3v) is 5.98. The van der Waals surface area contributed by atoms with Crippen LogP contribution in [-0.4, -0.2) is 19.0 Å². The maximum absolute atomic E-state index is 11.4. The lowest BCUT2D eigenvalue weighted by molar-refractivity contribution is -0.384. The van der Waals surface area contributed by atoms with Crippen molar-refractivity contribution in [1.29, 1.82) is 0 Å². The van der Waals surface area contributed by atoms with Crippen LogP contribution in [-0.2, 0) is 13.1 Å². The Balaban J connectivity index is 1.74. The van der Waals surface area contributed by atoms with Crippen LogP contribution in [0.4, 0.5) is 11.4 Å². The molecule has 0 saturated carbocycles. The van der Waals surface area contributed by atoms with E-state index in [4.69, 9.17) is 0 Å². The first-order valence-corrected chi connectivity index (χ1v) is 11.0. The van der Waals surface area contributed by atoms with Crippen LogP contribution in [0.3, 0.4) is 0 Å². The Morgan fingerprint density at radius 1 is 1.13 bits per heavy atom. The summed E-state index contributed by atoms with van der Waals surface area (Å²) in [5.74, 6) is 0. The van der Waals surface area contributed by atoms with E-state index in [1.807, 2.05) is 40.4 Å². The van der Waals surface area contributed by atoms with E-state index in [0.717, 1.165) is 40.0 Å². The highest BCUT2D eigenvalue weighted by molar-refractivity contribution is 9.10. The van der Waals surface area contributed by atoms with Crippen molar-refractivity contribution < 1.29 is 4.92 Å². The molecular weight excluding hydrogens is 466 g/mol. The van der Waals surface area contributed by atoms with Gasteiger partial charge in [0.25, 0.3) is 5.69 Å². The molecule has 0 radical (unpaired) electrons. The van der Waals surface area contributed by atoms with Crippen molar-refractivity contribution in [2.24, 2.45) is 4.99 Å². The van der Waals surface area contributed by atoms with E-state index in [0.29, 0.717) is 5.69 Å². The molecule has 30 heavy (non-hydrogen) atoms. The molecule has 0 spiro atoms. The predicted molar refractivity (Wildman–Crippen MR) is 121 cm³/mol. The molecule has 4 aromatic rings. The third kappa shape index (κ3) is 4.58. The normalized spacial score (nSPS) is 11.7. The molecule has 9 heteroatoms. The maximum Gasteiger partial charge on any atom is 0.294 e. The molecule has 2 heterocycles. The van der Waals surface area contributed by atoms with Crippen molar-refractivity contribution in [2.75, 3.05) is 0 Å². The average molecular weight is 484 g/mol. The van der Waals surface area contributed by atoms with Gasteiger partial charge in [-0.25, -0.2) is 9.98 Å². The average Bonchev–Trinajstić information content (AvgIpc) is 3.40. The number of para-hydroxylation sites is 2. The summed E-state index contributed by atoms with van der Waals surface area (Å²) in [5, 5.41) is 13.4. The fourth-order valence-electron chi connectivity index (χ4n) is 3.13. The molecule has 2 aromatic carbocycles. The molecule has 0 atom stereocenters. The zero-order valence-electron chi connectivity index (χ0n) is 15.9. The highest BCUT2D eigenvalue weighted by Crippen LogP contribution is 2.27. The van der Waals surface area contributed by atoms with Crippen LogP contribution >= 0.6 is 27.3 Å². The lowest BCUT2D eigenvalue weighted by Gasteiger charge is -2.10. The van der Waals surface area contributed by atoms with Gasteiger partial charge in [-0.1, -0.05) is 40.2 Å². The van der Waals surface area contributed by atoms with Crippen LogP contribution in [0.2, 0.25) is 0 Å². The smallest absolute Gasteiger partial charge is 0.294 e. The van der Waals surface area contributed by atoms with E-state index in [2.05, 4.69) is 30.5 Å². The minimum absolute atomic E-state index is 0.000979. The third-order valence-electron chi connectivity index (χ3n) is 4.59. The molecule has 0 N–H and O–H groups in total. The highest BCUT2D eigenvalue weighted by Gasteiger charge is 2.13. The second kappa shape index (κ2) is 9.19. The van der Waals surface area contributed by atoms with Crippen molar-refractivity contribution in [3.05, 3.63) is 92.0 Å². The molecule has 152 valence electrons. The quantitative estimate of drug-likeness (QED) is 0.260. The fraction of sp³-hybridized carbons (Fsp3) is 0.143. The van der Waals surface area contributed by atoms with Crippen molar-refractivity contribution in [2.45, 2.75) is 19.5 Å². The first kappa shape index (κ1) is 20.2. The summed E-state index contributed by atoms with van der Waals surface area (Å²) in [5.41, 5.74) is 2.47. The number of thiazole rings is 1. The monoisotopic (exact) mass is 483 g/mol. The van der Waals surface area contributed by atoms with Gasteiger partial charge in [0.2, 0.25) is 0 Å². The van der Waals surface area contributed by atoms with Gasteiger partial charge in [0, 0.05) is 41.4 Å². The first-order chi connectivity index (χ1) is 14.6. The molecular formula is C21H18BrN5O2S. The lowest BCUT2D eigenvalue weighted by atomic mass is 10.2.